The van der Waals surface area contributed by atoms with Crippen LogP contribution in [0.1, 0.15) is 22.3 Å². The van der Waals surface area contributed by atoms with Crippen molar-refractivity contribution < 1.29 is 14.3 Å². The second-order valence-corrected chi connectivity index (χ2v) is 3.32. The van der Waals surface area contributed by atoms with Gasteiger partial charge in [0.2, 0.25) is 0 Å². The number of aldehydes is 1. The summed E-state index contributed by atoms with van der Waals surface area (Å²) >= 11 is 5.46. The Bertz CT molecular complexity index is 388. The maximum atomic E-state index is 13.1. The van der Waals surface area contributed by atoms with Gasteiger partial charge in [0.25, 0.3) is 0 Å². The Labute approximate surface area is 92.0 Å². The summed E-state index contributed by atoms with van der Waals surface area (Å²) in [5.41, 5.74) is 0.470. The quantitative estimate of drug-likeness (QED) is 0.636. The Morgan fingerprint density at radius 3 is 2.80 bits per heavy atom. The minimum Gasteiger partial charge on any atom is -0.504 e. The number of benzene rings is 1. The van der Waals surface area contributed by atoms with Crippen molar-refractivity contribution in [2.45, 2.75) is 6.42 Å². The zero-order chi connectivity index (χ0) is 11.3. The highest BCUT2D eigenvalue weighted by Crippen LogP contribution is 2.22. The van der Waals surface area contributed by atoms with Gasteiger partial charge in [-0.05, 0) is 24.1 Å². The molecule has 0 atom stereocenters. The van der Waals surface area contributed by atoms with Gasteiger partial charge in [0, 0.05) is 5.88 Å². The Kier molecular flexibility index (Phi) is 4.31. The van der Waals surface area contributed by atoms with Gasteiger partial charge in [-0.3, -0.25) is 4.79 Å². The SMILES string of the molecule is O=Cc1cc(C=CCCCl)cc(F)c1O. The van der Waals surface area contributed by atoms with Crippen molar-refractivity contribution in [1.29, 1.82) is 0 Å². The molecule has 4 heteroatoms. The number of allylic oxidation sites excluding steroid dienone is 1. The summed E-state index contributed by atoms with van der Waals surface area (Å²) in [4.78, 5) is 10.5. The second-order valence-electron chi connectivity index (χ2n) is 2.94. The molecule has 0 aromatic heterocycles. The van der Waals surface area contributed by atoms with Crippen LogP contribution in [0.3, 0.4) is 0 Å². The third kappa shape index (κ3) is 3.06. The van der Waals surface area contributed by atoms with Crippen LogP contribution >= 0.6 is 11.6 Å². The summed E-state index contributed by atoms with van der Waals surface area (Å²) in [7, 11) is 0. The molecule has 0 radical (unpaired) electrons. The molecule has 0 heterocycles. The normalized spacial score (nSPS) is 10.8. The molecule has 0 saturated carbocycles. The third-order valence-corrected chi connectivity index (χ3v) is 2.05. The molecule has 1 aromatic carbocycles. The first-order valence-electron chi connectivity index (χ1n) is 4.39. The van der Waals surface area contributed by atoms with Gasteiger partial charge in [-0.2, -0.15) is 0 Å². The van der Waals surface area contributed by atoms with Gasteiger partial charge in [0.1, 0.15) is 0 Å². The second kappa shape index (κ2) is 5.51. The molecule has 1 N–H and O–H groups in total. The molecular formula is C11H10ClFO2. The van der Waals surface area contributed by atoms with Crippen LogP contribution in [0, 0.1) is 5.82 Å². The summed E-state index contributed by atoms with van der Waals surface area (Å²) in [6.45, 7) is 0. The van der Waals surface area contributed by atoms with Crippen LogP contribution in [0.4, 0.5) is 4.39 Å². The van der Waals surface area contributed by atoms with Crippen LogP contribution in [-0.2, 0) is 0 Å². The minimum absolute atomic E-state index is 0.0551. The number of phenols is 1. The molecule has 0 fully saturated rings. The van der Waals surface area contributed by atoms with Crippen molar-refractivity contribution in [3.63, 3.8) is 0 Å². The molecule has 0 spiro atoms. The average Bonchev–Trinajstić information content (AvgIpc) is 2.23. The van der Waals surface area contributed by atoms with Gasteiger partial charge in [-0.15, -0.1) is 11.6 Å². The van der Waals surface area contributed by atoms with Crippen LogP contribution in [0.25, 0.3) is 6.08 Å². The molecule has 0 aliphatic rings. The number of carbonyl (C=O) groups excluding carboxylic acids is 1. The molecule has 80 valence electrons. The molecule has 0 aliphatic carbocycles. The van der Waals surface area contributed by atoms with Crippen molar-refractivity contribution in [1.82, 2.24) is 0 Å². The number of hydrogen-bond donors (Lipinski definition) is 1. The molecule has 15 heavy (non-hydrogen) atoms. The van der Waals surface area contributed by atoms with Crippen molar-refractivity contribution in [2.75, 3.05) is 5.88 Å². The lowest BCUT2D eigenvalue weighted by molar-refractivity contribution is 0.112. The first kappa shape index (κ1) is 11.7. The van der Waals surface area contributed by atoms with Crippen LogP contribution < -0.4 is 0 Å². The molecule has 1 rings (SSSR count). The lowest BCUT2D eigenvalue weighted by Crippen LogP contribution is -1.87. The zero-order valence-corrected chi connectivity index (χ0v) is 8.67. The highest BCUT2D eigenvalue weighted by Gasteiger charge is 2.07. The van der Waals surface area contributed by atoms with Crippen molar-refractivity contribution in [2.24, 2.45) is 0 Å². The average molecular weight is 229 g/mol. The van der Waals surface area contributed by atoms with E-state index in [2.05, 4.69) is 0 Å². The smallest absolute Gasteiger partial charge is 0.166 e. The lowest BCUT2D eigenvalue weighted by Gasteiger charge is -2.01. The predicted molar refractivity (Wildman–Crippen MR) is 57.8 cm³/mol. The topological polar surface area (TPSA) is 37.3 Å². The summed E-state index contributed by atoms with van der Waals surface area (Å²) in [5.74, 6) is -0.929. The van der Waals surface area contributed by atoms with Gasteiger partial charge in [0.05, 0.1) is 5.56 Å². The first-order valence-corrected chi connectivity index (χ1v) is 4.92. The standard InChI is InChI=1S/C11H10ClFO2/c12-4-2-1-3-8-5-9(7-14)11(15)10(13)6-8/h1,3,5-7,15H,2,4H2. The van der Waals surface area contributed by atoms with Gasteiger partial charge in [-0.25, -0.2) is 4.39 Å². The number of rotatable bonds is 4. The molecule has 0 amide bonds. The number of carbonyl (C=O) groups is 1. The highest BCUT2D eigenvalue weighted by atomic mass is 35.5. The minimum atomic E-state index is -0.801. The summed E-state index contributed by atoms with van der Waals surface area (Å²) in [6.07, 6.45) is 4.50. The Hall–Kier alpha value is -1.35. The van der Waals surface area contributed by atoms with Crippen molar-refractivity contribution >= 4 is 24.0 Å². The number of hydrogen-bond acceptors (Lipinski definition) is 2. The van der Waals surface area contributed by atoms with Gasteiger partial charge in [0.15, 0.2) is 17.9 Å². The maximum absolute atomic E-state index is 13.1. The van der Waals surface area contributed by atoms with E-state index in [4.69, 9.17) is 16.7 Å². The Morgan fingerprint density at radius 2 is 2.20 bits per heavy atom. The molecule has 1 aromatic rings. The molecule has 2 nitrogen and oxygen atoms in total. The Morgan fingerprint density at radius 1 is 1.47 bits per heavy atom. The fourth-order valence-corrected chi connectivity index (χ4v) is 1.24. The third-order valence-electron chi connectivity index (χ3n) is 1.83. The number of aromatic hydroxyl groups is 1. The van der Waals surface area contributed by atoms with Gasteiger partial charge in [-0.1, -0.05) is 12.2 Å². The van der Waals surface area contributed by atoms with Gasteiger partial charge < -0.3 is 5.11 Å². The highest BCUT2D eigenvalue weighted by molar-refractivity contribution is 6.17. The number of halogens is 2. The van der Waals surface area contributed by atoms with Crippen LogP contribution in [0.2, 0.25) is 0 Å². The molecule has 0 unspecified atom stereocenters. The van der Waals surface area contributed by atoms with E-state index >= 15 is 0 Å². The molecule has 0 saturated heterocycles. The van der Waals surface area contributed by atoms with E-state index in [0.29, 0.717) is 24.2 Å². The van der Waals surface area contributed by atoms with E-state index in [1.807, 2.05) is 0 Å². The van der Waals surface area contributed by atoms with E-state index in [1.165, 1.54) is 6.07 Å². The van der Waals surface area contributed by atoms with Crippen LogP contribution in [0.15, 0.2) is 18.2 Å². The monoisotopic (exact) mass is 228 g/mol. The largest absolute Gasteiger partial charge is 0.504 e. The van der Waals surface area contributed by atoms with E-state index in [1.54, 1.807) is 12.2 Å². The van der Waals surface area contributed by atoms with E-state index in [-0.39, 0.29) is 5.56 Å². The summed E-state index contributed by atoms with van der Waals surface area (Å²) in [5, 5.41) is 9.14. The maximum Gasteiger partial charge on any atom is 0.166 e. The van der Waals surface area contributed by atoms with Crippen LogP contribution in [0.5, 0.6) is 5.75 Å². The molecule has 0 bridgehead atoms. The molecular weight excluding hydrogens is 219 g/mol. The number of phenolic OH excluding ortho intramolecular Hbond substituents is 1. The molecule has 0 aliphatic heterocycles. The van der Waals surface area contributed by atoms with Crippen molar-refractivity contribution in [3.05, 3.63) is 35.2 Å². The summed E-state index contributed by atoms with van der Waals surface area (Å²) in [6, 6.07) is 2.57. The fourth-order valence-electron chi connectivity index (χ4n) is 1.11. The van der Waals surface area contributed by atoms with E-state index in [0.717, 1.165) is 6.07 Å². The van der Waals surface area contributed by atoms with Crippen LogP contribution in [-0.4, -0.2) is 17.3 Å². The zero-order valence-electron chi connectivity index (χ0n) is 7.91. The van der Waals surface area contributed by atoms with E-state index in [9.17, 15) is 9.18 Å². The van der Waals surface area contributed by atoms with Crippen molar-refractivity contribution in [3.8, 4) is 5.75 Å². The predicted octanol–water partition coefficient (Wildman–Crippen LogP) is 2.99. The first-order chi connectivity index (χ1) is 7.19. The summed E-state index contributed by atoms with van der Waals surface area (Å²) < 4.78 is 13.1. The number of alkyl halides is 1. The fraction of sp³-hybridized carbons (Fsp3) is 0.182. The Balaban J connectivity index is 3.00. The lowest BCUT2D eigenvalue weighted by atomic mass is 10.1. The van der Waals surface area contributed by atoms with Gasteiger partial charge >= 0.3 is 0 Å². The van der Waals surface area contributed by atoms with E-state index < -0.39 is 11.6 Å².